The number of aliphatic carboxylic acids is 1. The number of nitrogens with zero attached hydrogens (tertiary/aromatic N) is 1. The number of carboxylic acids is 1. The number of rotatable bonds is 9. The molecule has 0 radical (unpaired) electrons. The van der Waals surface area contributed by atoms with Crippen LogP contribution >= 0.6 is 11.8 Å². The zero-order valence-electron chi connectivity index (χ0n) is 20.1. The molecule has 0 saturated carbocycles. The molecule has 0 spiro atoms. The highest BCUT2D eigenvalue weighted by Gasteiger charge is 2.17. The van der Waals surface area contributed by atoms with Gasteiger partial charge in [0.05, 0.1) is 0 Å². The van der Waals surface area contributed by atoms with Gasteiger partial charge in [-0.3, -0.25) is 4.79 Å². The van der Waals surface area contributed by atoms with Gasteiger partial charge in [-0.05, 0) is 28.7 Å². The van der Waals surface area contributed by atoms with Crippen molar-refractivity contribution >= 4 is 17.7 Å². The lowest BCUT2D eigenvalue weighted by molar-refractivity contribution is -0.138. The summed E-state index contributed by atoms with van der Waals surface area (Å²) in [6.07, 6.45) is 0.310. The van der Waals surface area contributed by atoms with Gasteiger partial charge in [-0.25, -0.2) is 4.98 Å². The molecule has 0 aliphatic carbocycles. The quantitative estimate of drug-likeness (QED) is 0.211. The first kappa shape index (κ1) is 24.6. The third kappa shape index (κ3) is 6.00. The molecule has 0 aliphatic rings. The van der Waals surface area contributed by atoms with Crippen molar-refractivity contribution in [3.8, 4) is 33.7 Å². The van der Waals surface area contributed by atoms with Crippen LogP contribution in [0.5, 0.6) is 0 Å². The second-order valence-corrected chi connectivity index (χ2v) is 9.65. The van der Waals surface area contributed by atoms with E-state index in [4.69, 9.17) is 20.2 Å². The molecule has 3 N–H and O–H groups in total. The predicted octanol–water partition coefficient (Wildman–Crippen LogP) is 6.92. The summed E-state index contributed by atoms with van der Waals surface area (Å²) in [4.78, 5) is 15.8. The van der Waals surface area contributed by atoms with E-state index in [0.717, 1.165) is 45.0 Å². The van der Waals surface area contributed by atoms with Crippen molar-refractivity contribution in [3.63, 3.8) is 0 Å². The maximum atomic E-state index is 11.0. The van der Waals surface area contributed by atoms with E-state index in [0.29, 0.717) is 11.6 Å². The third-order valence-corrected chi connectivity index (χ3v) is 6.97. The third-order valence-electron chi connectivity index (χ3n) is 6.07. The van der Waals surface area contributed by atoms with Crippen LogP contribution in [0.15, 0.2) is 119 Å². The van der Waals surface area contributed by atoms with Gasteiger partial charge in [-0.2, -0.15) is 0 Å². The lowest BCUT2D eigenvalue weighted by Gasteiger charge is -2.08. The van der Waals surface area contributed by atoms with E-state index >= 15 is 0 Å². The summed E-state index contributed by atoms with van der Waals surface area (Å²) in [5, 5.41) is 9.64. The monoisotopic (exact) mass is 506 g/mol. The average Bonchev–Trinajstić information content (AvgIpc) is 3.38. The van der Waals surface area contributed by atoms with E-state index in [1.807, 2.05) is 84.9 Å². The first-order valence-corrected chi connectivity index (χ1v) is 13.0. The van der Waals surface area contributed by atoms with Crippen LogP contribution in [0.2, 0.25) is 0 Å². The second-order valence-electron chi connectivity index (χ2n) is 8.72. The summed E-state index contributed by atoms with van der Waals surface area (Å²) in [5.74, 6) is 0.516. The minimum Gasteiger partial charge on any atom is -0.480 e. The first-order valence-electron chi connectivity index (χ1n) is 12.0. The molecule has 4 aromatic carbocycles. The van der Waals surface area contributed by atoms with Crippen LogP contribution in [0.3, 0.4) is 0 Å². The topological polar surface area (TPSA) is 89.4 Å². The number of hydrogen-bond donors (Lipinski definition) is 2. The van der Waals surface area contributed by atoms with Crippen molar-refractivity contribution in [2.75, 3.05) is 0 Å². The van der Waals surface area contributed by atoms with Crippen molar-refractivity contribution in [2.24, 2.45) is 5.73 Å². The van der Waals surface area contributed by atoms with Crippen LogP contribution in [-0.2, 0) is 17.0 Å². The molecule has 5 rings (SSSR count). The summed E-state index contributed by atoms with van der Waals surface area (Å²) in [6, 6.07) is 35.5. The Morgan fingerprint density at radius 3 is 1.86 bits per heavy atom. The van der Waals surface area contributed by atoms with Gasteiger partial charge >= 0.3 is 5.97 Å². The number of nitrogens with two attached hydrogens (primary N) is 1. The fourth-order valence-corrected chi connectivity index (χ4v) is 4.83. The van der Waals surface area contributed by atoms with Crippen LogP contribution in [0.25, 0.3) is 33.7 Å². The Balaban J connectivity index is 1.28. The SMILES string of the molecule is NC(Cc1ccc(-c2ccc(CSc3nc(-c4ccccc4)c(-c4ccccc4)o3)cc2)cc1)C(=O)O. The summed E-state index contributed by atoms with van der Waals surface area (Å²) in [7, 11) is 0. The number of hydrogen-bond acceptors (Lipinski definition) is 5. The van der Waals surface area contributed by atoms with Crippen molar-refractivity contribution in [3.05, 3.63) is 120 Å². The van der Waals surface area contributed by atoms with Crippen LogP contribution in [0, 0.1) is 0 Å². The van der Waals surface area contributed by atoms with Gasteiger partial charge in [0.2, 0.25) is 0 Å². The summed E-state index contributed by atoms with van der Waals surface area (Å²) in [6.45, 7) is 0. The molecule has 5 aromatic rings. The van der Waals surface area contributed by atoms with E-state index in [-0.39, 0.29) is 0 Å². The number of carboxylic acid groups (broad SMARTS) is 1. The lowest BCUT2D eigenvalue weighted by Crippen LogP contribution is -2.32. The lowest BCUT2D eigenvalue weighted by atomic mass is 10.0. The molecule has 184 valence electrons. The summed E-state index contributed by atoms with van der Waals surface area (Å²) < 4.78 is 6.23. The maximum absolute atomic E-state index is 11.0. The molecule has 0 aliphatic heterocycles. The molecule has 1 heterocycles. The highest BCUT2D eigenvalue weighted by molar-refractivity contribution is 7.98. The van der Waals surface area contributed by atoms with E-state index in [1.165, 1.54) is 5.56 Å². The smallest absolute Gasteiger partial charge is 0.320 e. The fraction of sp³-hybridized carbons (Fsp3) is 0.0968. The molecule has 0 saturated heterocycles. The Morgan fingerprint density at radius 1 is 0.757 bits per heavy atom. The Bertz CT molecular complexity index is 1410. The number of thioether (sulfide) groups is 1. The molecule has 1 unspecified atom stereocenters. The normalized spacial score (nSPS) is 11.8. The first-order chi connectivity index (χ1) is 18.1. The zero-order valence-corrected chi connectivity index (χ0v) is 20.9. The molecule has 37 heavy (non-hydrogen) atoms. The summed E-state index contributed by atoms with van der Waals surface area (Å²) in [5.41, 5.74) is 12.7. The van der Waals surface area contributed by atoms with E-state index in [9.17, 15) is 4.79 Å². The molecule has 5 nitrogen and oxygen atoms in total. The minimum absolute atomic E-state index is 0.310. The molecule has 0 amide bonds. The van der Waals surface area contributed by atoms with Gasteiger partial charge in [0.25, 0.3) is 5.22 Å². The van der Waals surface area contributed by atoms with Crippen molar-refractivity contribution in [2.45, 2.75) is 23.4 Å². The van der Waals surface area contributed by atoms with Gasteiger partial charge in [0.15, 0.2) is 5.76 Å². The number of carbonyl (C=O) groups is 1. The Kier molecular flexibility index (Phi) is 7.49. The Labute approximate surface area is 220 Å². The molecular weight excluding hydrogens is 480 g/mol. The maximum Gasteiger partial charge on any atom is 0.320 e. The van der Waals surface area contributed by atoms with E-state index in [2.05, 4.69) is 24.3 Å². The molecule has 0 fully saturated rings. The van der Waals surface area contributed by atoms with Gasteiger partial charge in [0, 0.05) is 16.9 Å². The van der Waals surface area contributed by atoms with Gasteiger partial charge in [0.1, 0.15) is 11.7 Å². The van der Waals surface area contributed by atoms with E-state index < -0.39 is 12.0 Å². The van der Waals surface area contributed by atoms with E-state index in [1.54, 1.807) is 11.8 Å². The Hall–Kier alpha value is -4.13. The zero-order chi connectivity index (χ0) is 25.6. The minimum atomic E-state index is -0.991. The van der Waals surface area contributed by atoms with Crippen LogP contribution in [0.4, 0.5) is 0 Å². The fourth-order valence-electron chi connectivity index (χ4n) is 4.05. The van der Waals surface area contributed by atoms with Crippen LogP contribution in [-0.4, -0.2) is 22.1 Å². The van der Waals surface area contributed by atoms with Crippen molar-refractivity contribution in [1.82, 2.24) is 4.98 Å². The van der Waals surface area contributed by atoms with Gasteiger partial charge in [-0.15, -0.1) is 0 Å². The van der Waals surface area contributed by atoms with Gasteiger partial charge in [-0.1, -0.05) is 121 Å². The van der Waals surface area contributed by atoms with Crippen LogP contribution < -0.4 is 5.73 Å². The standard InChI is InChI=1S/C31H26N2O3S/c32-27(30(34)35)19-21-11-15-23(16-12-21)24-17-13-22(14-18-24)20-37-31-33-28(25-7-3-1-4-8-25)29(36-31)26-9-5-2-6-10-26/h1-18,27H,19-20,32H2,(H,34,35). The Morgan fingerprint density at radius 2 is 1.30 bits per heavy atom. The molecular formula is C31H26N2O3S. The largest absolute Gasteiger partial charge is 0.480 e. The average molecular weight is 507 g/mol. The number of aromatic nitrogens is 1. The number of benzene rings is 4. The molecule has 1 atom stereocenters. The van der Waals surface area contributed by atoms with Crippen molar-refractivity contribution < 1.29 is 14.3 Å². The number of oxazole rings is 1. The predicted molar refractivity (Wildman–Crippen MR) is 148 cm³/mol. The molecule has 1 aromatic heterocycles. The second kappa shape index (κ2) is 11.3. The van der Waals surface area contributed by atoms with Gasteiger partial charge < -0.3 is 15.3 Å². The molecule has 6 heteroatoms. The summed E-state index contributed by atoms with van der Waals surface area (Å²) >= 11 is 1.57. The van der Waals surface area contributed by atoms with Crippen molar-refractivity contribution in [1.29, 1.82) is 0 Å². The molecule has 0 bridgehead atoms. The van der Waals surface area contributed by atoms with Crippen LogP contribution in [0.1, 0.15) is 11.1 Å². The highest BCUT2D eigenvalue weighted by atomic mass is 32.2. The highest BCUT2D eigenvalue weighted by Crippen LogP contribution is 2.36.